The van der Waals surface area contributed by atoms with Crippen molar-refractivity contribution >= 4 is 15.7 Å². The first kappa shape index (κ1) is 14.4. The van der Waals surface area contributed by atoms with Crippen LogP contribution in [0.25, 0.3) is 0 Å². The molecular weight excluding hydrogens is 216 g/mol. The fraction of sp³-hybridized carbons (Fsp3) is 0.889. The highest BCUT2D eigenvalue weighted by molar-refractivity contribution is 7.91. The minimum absolute atomic E-state index is 0.314. The van der Waals surface area contributed by atoms with E-state index in [0.29, 0.717) is 6.54 Å². The van der Waals surface area contributed by atoms with E-state index in [4.69, 9.17) is 5.73 Å². The second-order valence-corrected chi connectivity index (χ2v) is 6.06. The molecule has 6 heteroatoms. The zero-order chi connectivity index (χ0) is 12.1. The average molecular weight is 236 g/mol. The van der Waals surface area contributed by atoms with Crippen molar-refractivity contribution in [3.63, 3.8) is 0 Å². The van der Waals surface area contributed by atoms with E-state index in [1.807, 2.05) is 13.8 Å². The van der Waals surface area contributed by atoms with E-state index in [-0.39, 0.29) is 0 Å². The van der Waals surface area contributed by atoms with Gasteiger partial charge in [0.1, 0.15) is 5.75 Å². The van der Waals surface area contributed by atoms with E-state index in [1.54, 1.807) is 0 Å². The maximum absolute atomic E-state index is 11.2. The molecule has 0 rings (SSSR count). The SMILES string of the molecule is CCC(N)(CC)CNC(=O)CS(C)(=O)=O. The molecule has 0 radical (unpaired) electrons. The van der Waals surface area contributed by atoms with Gasteiger partial charge in [-0.15, -0.1) is 0 Å². The Hall–Kier alpha value is -0.620. The zero-order valence-electron chi connectivity index (χ0n) is 9.54. The summed E-state index contributed by atoms with van der Waals surface area (Å²) in [5.74, 6) is -0.967. The van der Waals surface area contributed by atoms with E-state index in [0.717, 1.165) is 19.1 Å². The van der Waals surface area contributed by atoms with Crippen LogP contribution in [0.5, 0.6) is 0 Å². The van der Waals surface area contributed by atoms with Gasteiger partial charge in [-0.05, 0) is 12.8 Å². The number of carbonyl (C=O) groups is 1. The van der Waals surface area contributed by atoms with Gasteiger partial charge in [0.15, 0.2) is 9.84 Å². The number of carbonyl (C=O) groups excluding carboxylic acids is 1. The number of nitrogens with one attached hydrogen (secondary N) is 1. The topological polar surface area (TPSA) is 89.3 Å². The normalized spacial score (nSPS) is 12.5. The smallest absolute Gasteiger partial charge is 0.235 e. The van der Waals surface area contributed by atoms with E-state index in [9.17, 15) is 13.2 Å². The van der Waals surface area contributed by atoms with Gasteiger partial charge in [0.05, 0.1) is 0 Å². The predicted octanol–water partition coefficient (Wildman–Crippen LogP) is -0.335. The van der Waals surface area contributed by atoms with E-state index in [2.05, 4.69) is 5.32 Å². The largest absolute Gasteiger partial charge is 0.353 e. The molecular formula is C9H20N2O3S. The summed E-state index contributed by atoms with van der Waals surface area (Å²) in [6.45, 7) is 4.19. The van der Waals surface area contributed by atoms with Crippen molar-refractivity contribution in [2.24, 2.45) is 5.73 Å². The molecule has 0 aromatic heterocycles. The van der Waals surface area contributed by atoms with Gasteiger partial charge in [-0.25, -0.2) is 8.42 Å². The Balaban J connectivity index is 4.11. The Morgan fingerprint density at radius 2 is 1.80 bits per heavy atom. The second kappa shape index (κ2) is 5.46. The summed E-state index contributed by atoms with van der Waals surface area (Å²) >= 11 is 0. The molecule has 0 aromatic rings. The van der Waals surface area contributed by atoms with Crippen LogP contribution in [-0.2, 0) is 14.6 Å². The van der Waals surface area contributed by atoms with Gasteiger partial charge in [-0.2, -0.15) is 0 Å². The predicted molar refractivity (Wildman–Crippen MR) is 60.2 cm³/mol. The Morgan fingerprint density at radius 3 is 2.13 bits per heavy atom. The third-order valence-corrected chi connectivity index (χ3v) is 3.23. The van der Waals surface area contributed by atoms with Gasteiger partial charge in [0.2, 0.25) is 5.91 Å². The van der Waals surface area contributed by atoms with Crippen LogP contribution in [0.4, 0.5) is 0 Å². The molecule has 3 N–H and O–H groups in total. The lowest BCUT2D eigenvalue weighted by Crippen LogP contribution is -2.50. The molecule has 0 fully saturated rings. The molecule has 0 saturated heterocycles. The first-order chi connectivity index (χ1) is 6.72. The molecule has 0 unspecified atom stereocenters. The minimum atomic E-state index is -3.26. The summed E-state index contributed by atoms with van der Waals surface area (Å²) in [5, 5.41) is 2.54. The standard InChI is InChI=1S/C9H20N2O3S/c1-4-9(10,5-2)7-11-8(12)6-15(3,13)14/h4-7,10H2,1-3H3,(H,11,12). The van der Waals surface area contributed by atoms with Crippen LogP contribution in [0.3, 0.4) is 0 Å². The summed E-state index contributed by atoms with van der Waals surface area (Å²) < 4.78 is 21.6. The van der Waals surface area contributed by atoms with Crippen LogP contribution < -0.4 is 11.1 Å². The van der Waals surface area contributed by atoms with E-state index >= 15 is 0 Å². The third-order valence-electron chi connectivity index (χ3n) is 2.44. The molecule has 90 valence electrons. The number of hydrogen-bond acceptors (Lipinski definition) is 4. The molecule has 5 nitrogen and oxygen atoms in total. The summed E-state index contributed by atoms with van der Waals surface area (Å²) in [4.78, 5) is 11.2. The highest BCUT2D eigenvalue weighted by atomic mass is 32.2. The van der Waals surface area contributed by atoms with Gasteiger partial charge < -0.3 is 11.1 Å². The monoisotopic (exact) mass is 236 g/mol. The fourth-order valence-corrected chi connectivity index (χ4v) is 1.64. The van der Waals surface area contributed by atoms with Crippen molar-refractivity contribution in [3.05, 3.63) is 0 Å². The summed E-state index contributed by atoms with van der Waals surface area (Å²) in [5.41, 5.74) is 5.51. The van der Waals surface area contributed by atoms with Gasteiger partial charge in [-0.3, -0.25) is 4.79 Å². The van der Waals surface area contributed by atoms with E-state index in [1.165, 1.54) is 0 Å². The Bertz CT molecular complexity index is 307. The number of hydrogen-bond donors (Lipinski definition) is 2. The Kier molecular flexibility index (Phi) is 5.23. The molecule has 0 aliphatic rings. The van der Waals surface area contributed by atoms with Gasteiger partial charge >= 0.3 is 0 Å². The highest BCUT2D eigenvalue weighted by Gasteiger charge is 2.21. The van der Waals surface area contributed by atoms with Crippen LogP contribution in [0.2, 0.25) is 0 Å². The Labute approximate surface area is 91.3 Å². The van der Waals surface area contributed by atoms with Crippen molar-refractivity contribution in [3.8, 4) is 0 Å². The number of amides is 1. The van der Waals surface area contributed by atoms with Crippen molar-refractivity contribution in [1.29, 1.82) is 0 Å². The van der Waals surface area contributed by atoms with E-state index < -0.39 is 27.0 Å². The first-order valence-corrected chi connectivity index (χ1v) is 7.02. The lowest BCUT2D eigenvalue weighted by molar-refractivity contribution is -0.118. The average Bonchev–Trinajstić information content (AvgIpc) is 2.12. The van der Waals surface area contributed by atoms with Crippen molar-refractivity contribution in [2.75, 3.05) is 18.6 Å². The Morgan fingerprint density at radius 1 is 1.33 bits per heavy atom. The first-order valence-electron chi connectivity index (χ1n) is 4.96. The van der Waals surface area contributed by atoms with Crippen LogP contribution in [-0.4, -0.2) is 38.4 Å². The molecule has 0 atom stereocenters. The minimum Gasteiger partial charge on any atom is -0.353 e. The van der Waals surface area contributed by atoms with Crippen molar-refractivity contribution in [2.45, 2.75) is 32.2 Å². The van der Waals surface area contributed by atoms with Crippen LogP contribution >= 0.6 is 0 Å². The molecule has 0 heterocycles. The number of rotatable bonds is 6. The highest BCUT2D eigenvalue weighted by Crippen LogP contribution is 2.09. The van der Waals surface area contributed by atoms with Crippen molar-refractivity contribution < 1.29 is 13.2 Å². The molecule has 0 aromatic carbocycles. The summed E-state index contributed by atoms with van der Waals surface area (Å²) in [7, 11) is -3.26. The quantitative estimate of drug-likeness (QED) is 0.660. The maximum Gasteiger partial charge on any atom is 0.235 e. The van der Waals surface area contributed by atoms with Crippen molar-refractivity contribution in [1.82, 2.24) is 5.32 Å². The summed E-state index contributed by atoms with van der Waals surface area (Å²) in [6.07, 6.45) is 2.51. The molecule has 0 aliphatic carbocycles. The molecule has 0 aliphatic heterocycles. The molecule has 0 saturated carbocycles. The summed E-state index contributed by atoms with van der Waals surface area (Å²) in [6, 6.07) is 0. The van der Waals surface area contributed by atoms with Gasteiger partial charge in [0, 0.05) is 18.3 Å². The van der Waals surface area contributed by atoms with Crippen LogP contribution in [0, 0.1) is 0 Å². The molecule has 1 amide bonds. The number of sulfone groups is 1. The van der Waals surface area contributed by atoms with Crippen LogP contribution in [0.15, 0.2) is 0 Å². The number of nitrogens with two attached hydrogens (primary N) is 1. The second-order valence-electron chi connectivity index (χ2n) is 3.92. The van der Waals surface area contributed by atoms with Gasteiger partial charge in [0.25, 0.3) is 0 Å². The molecule has 0 spiro atoms. The molecule has 0 bridgehead atoms. The zero-order valence-corrected chi connectivity index (χ0v) is 10.4. The molecule has 15 heavy (non-hydrogen) atoms. The maximum atomic E-state index is 11.2. The fourth-order valence-electron chi connectivity index (χ4n) is 1.06. The van der Waals surface area contributed by atoms with Gasteiger partial charge in [-0.1, -0.05) is 13.8 Å². The van der Waals surface area contributed by atoms with Crippen LogP contribution in [0.1, 0.15) is 26.7 Å². The lowest BCUT2D eigenvalue weighted by Gasteiger charge is -2.26. The lowest BCUT2D eigenvalue weighted by atomic mass is 9.94. The third kappa shape index (κ3) is 6.46.